The molecule has 21 heavy (non-hydrogen) atoms. The number of sulfone groups is 1. The quantitative estimate of drug-likeness (QED) is 0.872. The Balaban J connectivity index is 2.28. The van der Waals surface area contributed by atoms with Crippen LogP contribution in [0.15, 0.2) is 24.5 Å². The molecule has 6 nitrogen and oxygen atoms in total. The van der Waals surface area contributed by atoms with Crippen LogP contribution in [0.1, 0.15) is 13.8 Å². The maximum absolute atomic E-state index is 11.7. The van der Waals surface area contributed by atoms with Gasteiger partial charge in [-0.2, -0.15) is 4.37 Å². The van der Waals surface area contributed by atoms with Crippen LogP contribution in [0.25, 0.3) is 11.1 Å². The van der Waals surface area contributed by atoms with Crippen molar-refractivity contribution < 1.29 is 8.42 Å². The molecule has 0 aliphatic carbocycles. The molecule has 8 heteroatoms. The minimum Gasteiger partial charge on any atom is -0.382 e. The van der Waals surface area contributed by atoms with Crippen molar-refractivity contribution in [3.8, 4) is 11.1 Å². The number of nitrogens with two attached hydrogens (primary N) is 1. The van der Waals surface area contributed by atoms with E-state index in [2.05, 4.69) is 14.7 Å². The molecule has 0 saturated carbocycles. The predicted octanol–water partition coefficient (Wildman–Crippen LogP) is 2.02. The van der Waals surface area contributed by atoms with Crippen LogP contribution in [0.3, 0.4) is 0 Å². The van der Waals surface area contributed by atoms with E-state index in [9.17, 15) is 8.42 Å². The Morgan fingerprint density at radius 1 is 1.43 bits per heavy atom. The average Bonchev–Trinajstić information content (AvgIpc) is 2.77. The molecule has 2 aromatic heterocycles. The number of hydrogen-bond donors (Lipinski definition) is 2. The molecule has 0 bridgehead atoms. The number of rotatable bonds is 5. The fraction of sp³-hybridized carbons (Fsp3) is 0.385. The Morgan fingerprint density at radius 3 is 2.71 bits per heavy atom. The molecule has 3 N–H and O–H groups in total. The van der Waals surface area contributed by atoms with E-state index in [4.69, 9.17) is 5.73 Å². The second-order valence-corrected chi connectivity index (χ2v) is 8.82. The number of pyridine rings is 1. The van der Waals surface area contributed by atoms with Gasteiger partial charge in [0.15, 0.2) is 9.84 Å². The van der Waals surface area contributed by atoms with E-state index in [0.29, 0.717) is 5.82 Å². The summed E-state index contributed by atoms with van der Waals surface area (Å²) in [4.78, 5) is 4.07. The Morgan fingerprint density at radius 2 is 2.14 bits per heavy atom. The van der Waals surface area contributed by atoms with E-state index in [1.165, 1.54) is 17.8 Å². The normalized spacial score (nSPS) is 12.3. The fourth-order valence-electron chi connectivity index (χ4n) is 1.64. The standard InChI is InChI=1S/C13H18N4O2S2/c1-13(2,21(3,18)19)8-16-12-10(11(14)17-20-12)9-5-4-6-15-7-9/h4-7,16H,8H2,1-3H3,(H2,14,17). The zero-order valence-corrected chi connectivity index (χ0v) is 13.8. The minimum atomic E-state index is -3.17. The SMILES string of the molecule is CC(C)(CNc1snc(N)c1-c1cccnc1)S(C)(=O)=O. The van der Waals surface area contributed by atoms with Crippen molar-refractivity contribution in [3.63, 3.8) is 0 Å². The summed E-state index contributed by atoms with van der Waals surface area (Å²) in [7, 11) is -3.17. The summed E-state index contributed by atoms with van der Waals surface area (Å²) < 4.78 is 26.8. The van der Waals surface area contributed by atoms with Gasteiger partial charge in [-0.1, -0.05) is 6.07 Å². The third kappa shape index (κ3) is 3.33. The van der Waals surface area contributed by atoms with Gasteiger partial charge in [0.2, 0.25) is 0 Å². The first-order valence-electron chi connectivity index (χ1n) is 6.31. The van der Waals surface area contributed by atoms with Gasteiger partial charge in [-0.05, 0) is 31.4 Å². The number of aromatic nitrogens is 2. The maximum atomic E-state index is 11.7. The van der Waals surface area contributed by atoms with Crippen molar-refractivity contribution in [3.05, 3.63) is 24.5 Å². The molecule has 0 aromatic carbocycles. The van der Waals surface area contributed by atoms with Gasteiger partial charge in [-0.25, -0.2) is 8.42 Å². The van der Waals surface area contributed by atoms with Crippen LogP contribution >= 0.6 is 11.5 Å². The van der Waals surface area contributed by atoms with Gasteiger partial charge in [-0.3, -0.25) is 4.98 Å². The second-order valence-electron chi connectivity index (χ2n) is 5.40. The third-order valence-corrected chi connectivity index (χ3v) is 6.32. The highest BCUT2D eigenvalue weighted by Gasteiger charge is 2.30. The van der Waals surface area contributed by atoms with Crippen molar-refractivity contribution in [1.82, 2.24) is 9.36 Å². The van der Waals surface area contributed by atoms with Crippen molar-refractivity contribution in [2.45, 2.75) is 18.6 Å². The minimum absolute atomic E-state index is 0.279. The molecule has 2 aromatic rings. The maximum Gasteiger partial charge on any atom is 0.154 e. The molecule has 0 aliphatic heterocycles. The van der Waals surface area contributed by atoms with Gasteiger partial charge in [0, 0.05) is 30.8 Å². The molecule has 2 rings (SSSR count). The van der Waals surface area contributed by atoms with Crippen LogP contribution in [0, 0.1) is 0 Å². The van der Waals surface area contributed by atoms with E-state index in [1.807, 2.05) is 12.1 Å². The number of nitrogens with one attached hydrogen (secondary N) is 1. The van der Waals surface area contributed by atoms with E-state index >= 15 is 0 Å². The Hall–Kier alpha value is -1.67. The summed E-state index contributed by atoms with van der Waals surface area (Å²) in [5.74, 6) is 0.410. The zero-order chi connectivity index (χ0) is 15.7. The average molecular weight is 326 g/mol. The van der Waals surface area contributed by atoms with Gasteiger partial charge in [0.25, 0.3) is 0 Å². The van der Waals surface area contributed by atoms with Gasteiger partial charge >= 0.3 is 0 Å². The second kappa shape index (κ2) is 5.61. The molecule has 0 saturated heterocycles. The molecule has 114 valence electrons. The van der Waals surface area contributed by atoms with Gasteiger partial charge in [0.1, 0.15) is 10.8 Å². The summed E-state index contributed by atoms with van der Waals surface area (Å²) >= 11 is 1.21. The number of nitrogen functional groups attached to an aromatic ring is 1. The van der Waals surface area contributed by atoms with E-state index in [0.717, 1.165) is 16.1 Å². The van der Waals surface area contributed by atoms with Crippen molar-refractivity contribution in [1.29, 1.82) is 0 Å². The number of nitrogens with zero attached hydrogens (tertiary/aromatic N) is 2. The van der Waals surface area contributed by atoms with Gasteiger partial charge < -0.3 is 11.1 Å². The lowest BCUT2D eigenvalue weighted by Crippen LogP contribution is -2.38. The van der Waals surface area contributed by atoms with Crippen LogP contribution < -0.4 is 11.1 Å². The molecular weight excluding hydrogens is 308 g/mol. The van der Waals surface area contributed by atoms with Crippen LogP contribution in [0.2, 0.25) is 0 Å². The topological polar surface area (TPSA) is 98.0 Å². The van der Waals surface area contributed by atoms with Crippen molar-refractivity contribution in [2.24, 2.45) is 0 Å². The Labute approximate surface area is 128 Å². The summed E-state index contributed by atoms with van der Waals surface area (Å²) in [5, 5.41) is 3.90. The Kier molecular flexibility index (Phi) is 4.20. The molecule has 2 heterocycles. The van der Waals surface area contributed by atoms with E-state index in [-0.39, 0.29) is 6.54 Å². The lowest BCUT2D eigenvalue weighted by Gasteiger charge is -2.23. The fourth-order valence-corrected chi connectivity index (χ4v) is 2.70. The first-order chi connectivity index (χ1) is 9.72. The largest absolute Gasteiger partial charge is 0.382 e. The molecule has 0 unspecified atom stereocenters. The zero-order valence-electron chi connectivity index (χ0n) is 12.1. The van der Waals surface area contributed by atoms with E-state index < -0.39 is 14.6 Å². The number of hydrogen-bond acceptors (Lipinski definition) is 7. The van der Waals surface area contributed by atoms with Crippen LogP contribution in [0.4, 0.5) is 10.8 Å². The first-order valence-corrected chi connectivity index (χ1v) is 8.98. The van der Waals surface area contributed by atoms with Crippen LogP contribution in [0.5, 0.6) is 0 Å². The molecule has 0 spiro atoms. The molecular formula is C13H18N4O2S2. The predicted molar refractivity (Wildman–Crippen MR) is 87.2 cm³/mol. The van der Waals surface area contributed by atoms with Gasteiger partial charge in [0.05, 0.1) is 10.3 Å². The summed E-state index contributed by atoms with van der Waals surface area (Å²) in [6.45, 7) is 3.65. The molecule has 0 radical (unpaired) electrons. The highest BCUT2D eigenvalue weighted by atomic mass is 32.2. The third-order valence-electron chi connectivity index (χ3n) is 3.35. The first kappa shape index (κ1) is 15.7. The monoisotopic (exact) mass is 326 g/mol. The van der Waals surface area contributed by atoms with Crippen LogP contribution in [-0.4, -0.2) is 35.3 Å². The molecule has 0 atom stereocenters. The lowest BCUT2D eigenvalue weighted by atomic mass is 10.1. The number of anilines is 2. The summed E-state index contributed by atoms with van der Waals surface area (Å²) in [6, 6.07) is 3.70. The van der Waals surface area contributed by atoms with Gasteiger partial charge in [-0.15, -0.1) is 0 Å². The van der Waals surface area contributed by atoms with Crippen LogP contribution in [-0.2, 0) is 9.84 Å². The summed E-state index contributed by atoms with van der Waals surface area (Å²) in [5.41, 5.74) is 7.52. The molecule has 0 amide bonds. The highest BCUT2D eigenvalue weighted by Crippen LogP contribution is 2.36. The highest BCUT2D eigenvalue weighted by molar-refractivity contribution is 7.92. The Bertz CT molecular complexity index is 724. The van der Waals surface area contributed by atoms with E-state index in [1.54, 1.807) is 26.2 Å². The molecule has 0 aliphatic rings. The lowest BCUT2D eigenvalue weighted by molar-refractivity contribution is 0.560. The van der Waals surface area contributed by atoms with Crippen molar-refractivity contribution in [2.75, 3.05) is 23.9 Å². The smallest absolute Gasteiger partial charge is 0.154 e. The summed E-state index contributed by atoms with van der Waals surface area (Å²) in [6.07, 6.45) is 4.62. The van der Waals surface area contributed by atoms with Crippen molar-refractivity contribution >= 4 is 32.2 Å². The molecule has 0 fully saturated rings.